The van der Waals surface area contributed by atoms with Crippen LogP contribution in [0.1, 0.15) is 36.8 Å². The van der Waals surface area contributed by atoms with Crippen LogP contribution < -0.4 is 29.6 Å². The second-order valence-electron chi connectivity index (χ2n) is 8.42. The predicted octanol–water partition coefficient (Wildman–Crippen LogP) is 3.05. The summed E-state index contributed by atoms with van der Waals surface area (Å²) in [5, 5.41) is 6.24. The maximum atomic E-state index is 12.5. The Morgan fingerprint density at radius 1 is 0.647 bits per heavy atom. The molecule has 3 rings (SSSR count). The Kier molecular flexibility index (Phi) is 9.01. The van der Waals surface area contributed by atoms with E-state index in [4.69, 9.17) is 18.9 Å². The number of hydrogen-bond acceptors (Lipinski definition) is 6. The minimum atomic E-state index is -0.0202. The summed E-state index contributed by atoms with van der Waals surface area (Å²) in [7, 11) is 6.32. The Labute approximate surface area is 200 Å². The van der Waals surface area contributed by atoms with E-state index in [1.807, 2.05) is 24.3 Å². The largest absolute Gasteiger partial charge is 0.493 e. The number of rotatable bonds is 10. The van der Waals surface area contributed by atoms with Crippen molar-refractivity contribution >= 4 is 11.8 Å². The molecule has 8 heteroatoms. The van der Waals surface area contributed by atoms with Crippen molar-refractivity contribution in [1.82, 2.24) is 10.6 Å². The normalized spacial score (nSPS) is 17.4. The van der Waals surface area contributed by atoms with Gasteiger partial charge in [0.2, 0.25) is 11.8 Å². The first-order valence-corrected chi connectivity index (χ1v) is 11.5. The van der Waals surface area contributed by atoms with Crippen LogP contribution in [-0.4, -0.2) is 52.3 Å². The van der Waals surface area contributed by atoms with Gasteiger partial charge in [-0.15, -0.1) is 0 Å². The maximum Gasteiger partial charge on any atom is 0.224 e. The van der Waals surface area contributed by atoms with Crippen molar-refractivity contribution in [2.75, 3.05) is 28.4 Å². The van der Waals surface area contributed by atoms with E-state index < -0.39 is 0 Å². The molecule has 0 radical (unpaired) electrons. The SMILES string of the molecule is COc1ccc(CC(=O)NC2CCC(NC(=O)Cc3ccc(OC)c(OC)c3)CC2)cc1OC. The van der Waals surface area contributed by atoms with Crippen LogP contribution in [0.25, 0.3) is 0 Å². The van der Waals surface area contributed by atoms with Crippen LogP contribution in [-0.2, 0) is 22.4 Å². The standard InChI is InChI=1S/C26H34N2O6/c1-31-21-11-5-17(13-23(21)33-3)15-25(29)27-19-7-9-20(10-8-19)28-26(30)16-18-6-12-22(32-2)24(14-18)34-4/h5-6,11-14,19-20H,7-10,15-16H2,1-4H3,(H,27,29)(H,28,30). The Hall–Kier alpha value is -3.42. The fraction of sp³-hybridized carbons (Fsp3) is 0.462. The Bertz CT molecular complexity index is 906. The number of nitrogens with one attached hydrogen (secondary N) is 2. The molecule has 2 aromatic carbocycles. The molecule has 2 aromatic rings. The van der Waals surface area contributed by atoms with Crippen molar-refractivity contribution in [3.05, 3.63) is 47.5 Å². The van der Waals surface area contributed by atoms with Gasteiger partial charge in [-0.1, -0.05) is 12.1 Å². The van der Waals surface area contributed by atoms with Gasteiger partial charge in [-0.2, -0.15) is 0 Å². The van der Waals surface area contributed by atoms with Gasteiger partial charge < -0.3 is 29.6 Å². The highest BCUT2D eigenvalue weighted by Crippen LogP contribution is 2.29. The first kappa shape index (κ1) is 25.2. The highest BCUT2D eigenvalue weighted by atomic mass is 16.5. The van der Waals surface area contributed by atoms with E-state index in [0.717, 1.165) is 36.8 Å². The molecule has 1 aliphatic carbocycles. The van der Waals surface area contributed by atoms with Crippen molar-refractivity contribution in [3.8, 4) is 23.0 Å². The zero-order chi connectivity index (χ0) is 24.5. The third kappa shape index (κ3) is 6.79. The molecule has 0 atom stereocenters. The monoisotopic (exact) mass is 470 g/mol. The number of ether oxygens (including phenoxy) is 4. The molecule has 0 aromatic heterocycles. The van der Waals surface area contributed by atoms with E-state index in [2.05, 4.69) is 10.6 Å². The summed E-state index contributed by atoms with van der Waals surface area (Å²) in [6.07, 6.45) is 3.89. The smallest absolute Gasteiger partial charge is 0.224 e. The predicted molar refractivity (Wildman–Crippen MR) is 129 cm³/mol. The first-order chi connectivity index (χ1) is 16.4. The van der Waals surface area contributed by atoms with Crippen LogP contribution in [0, 0.1) is 0 Å². The summed E-state index contributed by atoms with van der Waals surface area (Å²) >= 11 is 0. The summed E-state index contributed by atoms with van der Waals surface area (Å²) in [4.78, 5) is 25.0. The lowest BCUT2D eigenvalue weighted by molar-refractivity contribution is -0.123. The van der Waals surface area contributed by atoms with Crippen LogP contribution in [0.5, 0.6) is 23.0 Å². The Morgan fingerprint density at radius 2 is 1.00 bits per heavy atom. The summed E-state index contributed by atoms with van der Waals surface area (Å²) in [6.45, 7) is 0. The van der Waals surface area contributed by atoms with Crippen LogP contribution in [0.3, 0.4) is 0 Å². The highest BCUT2D eigenvalue weighted by molar-refractivity contribution is 5.80. The van der Waals surface area contributed by atoms with Gasteiger partial charge in [-0.05, 0) is 61.1 Å². The van der Waals surface area contributed by atoms with Crippen LogP contribution in [0.2, 0.25) is 0 Å². The van der Waals surface area contributed by atoms with Gasteiger partial charge in [0, 0.05) is 12.1 Å². The number of methoxy groups -OCH3 is 4. The molecule has 0 saturated heterocycles. The van der Waals surface area contributed by atoms with Crippen molar-refractivity contribution in [2.24, 2.45) is 0 Å². The molecule has 8 nitrogen and oxygen atoms in total. The average Bonchev–Trinajstić information content (AvgIpc) is 2.84. The van der Waals surface area contributed by atoms with Crippen LogP contribution in [0.4, 0.5) is 0 Å². The molecule has 1 saturated carbocycles. The minimum Gasteiger partial charge on any atom is -0.493 e. The Balaban J connectivity index is 1.42. The van der Waals surface area contributed by atoms with Gasteiger partial charge in [-0.25, -0.2) is 0 Å². The third-order valence-electron chi connectivity index (χ3n) is 6.08. The molecule has 1 fully saturated rings. The molecule has 184 valence electrons. The third-order valence-corrected chi connectivity index (χ3v) is 6.08. The van der Waals surface area contributed by atoms with E-state index in [1.165, 1.54) is 0 Å². The number of benzene rings is 2. The molecule has 0 unspecified atom stereocenters. The van der Waals surface area contributed by atoms with Gasteiger partial charge in [-0.3, -0.25) is 9.59 Å². The fourth-order valence-electron chi connectivity index (χ4n) is 4.29. The lowest BCUT2D eigenvalue weighted by Crippen LogP contribution is -2.44. The van der Waals surface area contributed by atoms with Gasteiger partial charge in [0.05, 0.1) is 41.3 Å². The number of amides is 2. The van der Waals surface area contributed by atoms with Crippen LogP contribution >= 0.6 is 0 Å². The van der Waals surface area contributed by atoms with Crippen molar-refractivity contribution < 1.29 is 28.5 Å². The molecular weight excluding hydrogens is 436 g/mol. The molecule has 34 heavy (non-hydrogen) atoms. The lowest BCUT2D eigenvalue weighted by atomic mass is 9.90. The molecule has 0 heterocycles. The van der Waals surface area contributed by atoms with Gasteiger partial charge in [0.1, 0.15) is 0 Å². The van der Waals surface area contributed by atoms with Gasteiger partial charge >= 0.3 is 0 Å². The minimum absolute atomic E-state index is 0.0202. The maximum absolute atomic E-state index is 12.5. The molecule has 0 aliphatic heterocycles. The molecule has 2 N–H and O–H groups in total. The molecule has 0 spiro atoms. The molecule has 1 aliphatic rings. The number of carbonyl (C=O) groups is 2. The summed E-state index contributed by atoms with van der Waals surface area (Å²) in [5.41, 5.74) is 1.73. The van der Waals surface area contributed by atoms with Gasteiger partial charge in [0.25, 0.3) is 0 Å². The average molecular weight is 471 g/mol. The molecule has 2 amide bonds. The number of carbonyl (C=O) groups excluding carboxylic acids is 2. The molecule has 0 bridgehead atoms. The van der Waals surface area contributed by atoms with Gasteiger partial charge in [0.15, 0.2) is 23.0 Å². The topological polar surface area (TPSA) is 95.1 Å². The van der Waals surface area contributed by atoms with E-state index in [-0.39, 0.29) is 36.7 Å². The van der Waals surface area contributed by atoms with E-state index in [0.29, 0.717) is 23.0 Å². The zero-order valence-electron chi connectivity index (χ0n) is 20.3. The van der Waals surface area contributed by atoms with Crippen molar-refractivity contribution in [3.63, 3.8) is 0 Å². The highest BCUT2D eigenvalue weighted by Gasteiger charge is 2.24. The van der Waals surface area contributed by atoms with Crippen molar-refractivity contribution in [1.29, 1.82) is 0 Å². The van der Waals surface area contributed by atoms with E-state index >= 15 is 0 Å². The van der Waals surface area contributed by atoms with Crippen LogP contribution in [0.15, 0.2) is 36.4 Å². The molecular formula is C26H34N2O6. The number of hydrogen-bond donors (Lipinski definition) is 2. The summed E-state index contributed by atoms with van der Waals surface area (Å²) in [5.74, 6) is 2.45. The zero-order valence-corrected chi connectivity index (χ0v) is 20.3. The fourth-order valence-corrected chi connectivity index (χ4v) is 4.29. The lowest BCUT2D eigenvalue weighted by Gasteiger charge is -2.29. The second kappa shape index (κ2) is 12.2. The van der Waals surface area contributed by atoms with Crippen molar-refractivity contribution in [2.45, 2.75) is 50.6 Å². The Morgan fingerprint density at radius 3 is 1.32 bits per heavy atom. The second-order valence-corrected chi connectivity index (χ2v) is 8.42. The quantitative estimate of drug-likeness (QED) is 0.554. The summed E-state index contributed by atoms with van der Waals surface area (Å²) < 4.78 is 21.1. The first-order valence-electron chi connectivity index (χ1n) is 11.5. The van der Waals surface area contributed by atoms with E-state index in [1.54, 1.807) is 40.6 Å². The van der Waals surface area contributed by atoms with E-state index in [9.17, 15) is 9.59 Å². The summed E-state index contributed by atoms with van der Waals surface area (Å²) in [6, 6.07) is 11.2.